The summed E-state index contributed by atoms with van der Waals surface area (Å²) in [5.74, 6) is 0.0974. The van der Waals surface area contributed by atoms with Crippen molar-refractivity contribution < 1.29 is 4.79 Å². The highest BCUT2D eigenvalue weighted by molar-refractivity contribution is 5.97. The minimum atomic E-state index is -0.384. The molecule has 0 aromatic carbocycles. The van der Waals surface area contributed by atoms with E-state index in [1.165, 1.54) is 6.34 Å². The highest BCUT2D eigenvalue weighted by atomic mass is 16.1. The Balaban J connectivity index is 2.85. The molecule has 0 bridgehead atoms. The summed E-state index contributed by atoms with van der Waals surface area (Å²) in [6, 6.07) is 5.07. The van der Waals surface area contributed by atoms with Crippen LogP contribution in [0.25, 0.3) is 0 Å². The molecule has 0 spiro atoms. The topological polar surface area (TPSA) is 61.2 Å². The van der Waals surface area contributed by atoms with Crippen LogP contribution in [-0.4, -0.2) is 61.6 Å². The molecule has 0 aliphatic rings. The quantitative estimate of drug-likeness (QED) is 0.589. The van der Waals surface area contributed by atoms with Crippen molar-refractivity contribution in [1.29, 1.82) is 0 Å². The van der Waals surface area contributed by atoms with Crippen LogP contribution in [-0.2, 0) is 0 Å². The van der Waals surface area contributed by atoms with E-state index in [1.807, 2.05) is 14.1 Å². The Hall–Kier alpha value is -2.24. The molecule has 1 amide bonds. The first-order valence-corrected chi connectivity index (χ1v) is 5.41. The Bertz CT molecular complexity index is 465. The lowest BCUT2D eigenvalue weighted by molar-refractivity contribution is 0.0997. The molecule has 6 nitrogen and oxygen atoms in total. The van der Waals surface area contributed by atoms with E-state index in [-0.39, 0.29) is 11.6 Å². The standard InChI is InChI=1S/C12H17N5O/c1-16(2)8-13-11-7-5-6-10(15-11)12(18)14-9-17(3)4/h5-9H,1-4H3. The minimum Gasteiger partial charge on any atom is -0.369 e. The van der Waals surface area contributed by atoms with Gasteiger partial charge in [-0.05, 0) is 12.1 Å². The summed E-state index contributed by atoms with van der Waals surface area (Å²) < 4.78 is 0. The van der Waals surface area contributed by atoms with Crippen LogP contribution in [0, 0.1) is 0 Å². The van der Waals surface area contributed by atoms with Gasteiger partial charge in [-0.25, -0.2) is 9.98 Å². The summed E-state index contributed by atoms with van der Waals surface area (Å²) >= 11 is 0. The number of amides is 1. The molecule has 0 fully saturated rings. The molecular weight excluding hydrogens is 230 g/mol. The van der Waals surface area contributed by atoms with Crippen LogP contribution < -0.4 is 0 Å². The molecular formula is C12H17N5O. The maximum Gasteiger partial charge on any atom is 0.297 e. The minimum absolute atomic E-state index is 0.279. The summed E-state index contributed by atoms with van der Waals surface area (Å²) in [5, 5.41) is 0. The molecule has 18 heavy (non-hydrogen) atoms. The second-order valence-electron chi connectivity index (χ2n) is 4.10. The number of aliphatic imine (C=N–C) groups is 2. The van der Waals surface area contributed by atoms with E-state index in [4.69, 9.17) is 0 Å². The number of aromatic nitrogens is 1. The first kappa shape index (κ1) is 13.8. The zero-order valence-electron chi connectivity index (χ0n) is 11.0. The number of pyridine rings is 1. The van der Waals surface area contributed by atoms with Gasteiger partial charge in [-0.15, -0.1) is 0 Å². The van der Waals surface area contributed by atoms with E-state index >= 15 is 0 Å². The molecule has 0 aliphatic carbocycles. The molecule has 6 heteroatoms. The average molecular weight is 247 g/mol. The summed E-state index contributed by atoms with van der Waals surface area (Å²) in [4.78, 5) is 27.2. The van der Waals surface area contributed by atoms with Crippen molar-refractivity contribution in [1.82, 2.24) is 14.8 Å². The van der Waals surface area contributed by atoms with Gasteiger partial charge in [0, 0.05) is 28.2 Å². The van der Waals surface area contributed by atoms with Crippen molar-refractivity contribution in [2.45, 2.75) is 0 Å². The third kappa shape index (κ3) is 4.73. The number of hydrogen-bond acceptors (Lipinski definition) is 3. The maximum absolute atomic E-state index is 11.7. The predicted molar refractivity (Wildman–Crippen MR) is 72.6 cm³/mol. The Kier molecular flexibility index (Phi) is 4.98. The fourth-order valence-corrected chi connectivity index (χ4v) is 1.02. The largest absolute Gasteiger partial charge is 0.369 e. The molecule has 0 saturated heterocycles. The molecule has 1 rings (SSSR count). The first-order valence-electron chi connectivity index (χ1n) is 5.41. The van der Waals surface area contributed by atoms with Crippen molar-refractivity contribution >= 4 is 24.4 Å². The van der Waals surface area contributed by atoms with E-state index in [2.05, 4.69) is 15.0 Å². The lowest BCUT2D eigenvalue weighted by Gasteiger charge is -2.03. The van der Waals surface area contributed by atoms with Gasteiger partial charge in [-0.2, -0.15) is 4.99 Å². The fraction of sp³-hybridized carbons (Fsp3) is 0.333. The first-order chi connectivity index (χ1) is 8.49. The van der Waals surface area contributed by atoms with Gasteiger partial charge in [0.1, 0.15) is 5.69 Å². The van der Waals surface area contributed by atoms with Crippen LogP contribution in [0.2, 0.25) is 0 Å². The molecule has 0 aliphatic heterocycles. The molecule has 0 unspecified atom stereocenters. The Labute approximate surface area is 107 Å². The van der Waals surface area contributed by atoms with Crippen molar-refractivity contribution in [3.8, 4) is 0 Å². The Morgan fingerprint density at radius 3 is 2.44 bits per heavy atom. The normalized spacial score (nSPS) is 11.1. The second-order valence-corrected chi connectivity index (χ2v) is 4.10. The fourth-order valence-electron chi connectivity index (χ4n) is 1.02. The van der Waals surface area contributed by atoms with E-state index < -0.39 is 0 Å². The van der Waals surface area contributed by atoms with Crippen LogP contribution in [0.15, 0.2) is 28.2 Å². The second kappa shape index (κ2) is 6.48. The molecule has 1 aromatic heterocycles. The molecule has 96 valence electrons. The zero-order valence-corrected chi connectivity index (χ0v) is 11.0. The molecule has 0 N–H and O–H groups in total. The lowest BCUT2D eigenvalue weighted by Crippen LogP contribution is -2.10. The number of nitrogens with zero attached hydrogens (tertiary/aromatic N) is 5. The van der Waals surface area contributed by atoms with E-state index in [1.54, 1.807) is 48.4 Å². The summed E-state index contributed by atoms with van der Waals surface area (Å²) in [5.41, 5.74) is 0.279. The highest BCUT2D eigenvalue weighted by Gasteiger charge is 2.05. The molecule has 0 atom stereocenters. The molecule has 0 radical (unpaired) electrons. The Morgan fingerprint density at radius 2 is 1.83 bits per heavy atom. The van der Waals surface area contributed by atoms with Gasteiger partial charge < -0.3 is 9.80 Å². The lowest BCUT2D eigenvalue weighted by atomic mass is 10.3. The summed E-state index contributed by atoms with van der Waals surface area (Å²) in [6.45, 7) is 0. The van der Waals surface area contributed by atoms with Crippen LogP contribution in [0.1, 0.15) is 10.5 Å². The van der Waals surface area contributed by atoms with Gasteiger partial charge in [0.15, 0.2) is 5.82 Å². The highest BCUT2D eigenvalue weighted by Crippen LogP contribution is 2.08. The number of hydrogen-bond donors (Lipinski definition) is 0. The molecule has 1 aromatic rings. The van der Waals surface area contributed by atoms with E-state index in [0.29, 0.717) is 5.82 Å². The van der Waals surface area contributed by atoms with Crippen molar-refractivity contribution in [2.75, 3.05) is 28.2 Å². The molecule has 0 saturated carbocycles. The van der Waals surface area contributed by atoms with Crippen molar-refractivity contribution in [2.24, 2.45) is 9.98 Å². The van der Waals surface area contributed by atoms with Gasteiger partial charge in [0.05, 0.1) is 12.7 Å². The van der Waals surface area contributed by atoms with E-state index in [9.17, 15) is 4.79 Å². The van der Waals surface area contributed by atoms with Gasteiger partial charge in [0.2, 0.25) is 0 Å². The van der Waals surface area contributed by atoms with Gasteiger partial charge in [-0.1, -0.05) is 6.07 Å². The van der Waals surface area contributed by atoms with E-state index in [0.717, 1.165) is 0 Å². The Morgan fingerprint density at radius 1 is 1.17 bits per heavy atom. The third-order valence-electron chi connectivity index (χ3n) is 1.78. The summed E-state index contributed by atoms with van der Waals surface area (Å²) in [6.07, 6.45) is 3.07. The predicted octanol–water partition coefficient (Wildman–Crippen LogP) is 1.03. The van der Waals surface area contributed by atoms with Crippen LogP contribution >= 0.6 is 0 Å². The molecule has 1 heterocycles. The monoisotopic (exact) mass is 247 g/mol. The zero-order chi connectivity index (χ0) is 13.5. The van der Waals surface area contributed by atoms with Gasteiger partial charge in [-0.3, -0.25) is 4.79 Å². The third-order valence-corrected chi connectivity index (χ3v) is 1.78. The number of carbonyl (C=O) groups excluding carboxylic acids is 1. The summed E-state index contributed by atoms with van der Waals surface area (Å²) in [7, 11) is 7.31. The maximum atomic E-state index is 11.7. The SMILES string of the molecule is CN(C)C=NC(=O)c1cccc(N=CN(C)C)n1. The van der Waals surface area contributed by atoms with Crippen LogP contribution in [0.4, 0.5) is 5.82 Å². The van der Waals surface area contributed by atoms with Crippen molar-refractivity contribution in [3.63, 3.8) is 0 Å². The van der Waals surface area contributed by atoms with Crippen molar-refractivity contribution in [3.05, 3.63) is 23.9 Å². The average Bonchev–Trinajstić information content (AvgIpc) is 2.33. The van der Waals surface area contributed by atoms with Gasteiger partial charge >= 0.3 is 0 Å². The smallest absolute Gasteiger partial charge is 0.297 e. The number of rotatable bonds is 4. The number of carbonyl (C=O) groups is 1. The van der Waals surface area contributed by atoms with Crippen LogP contribution in [0.3, 0.4) is 0 Å². The van der Waals surface area contributed by atoms with Gasteiger partial charge in [0.25, 0.3) is 5.91 Å². The van der Waals surface area contributed by atoms with Crippen LogP contribution in [0.5, 0.6) is 0 Å².